The lowest BCUT2D eigenvalue weighted by Crippen LogP contribution is -2.25. The molecule has 1 aromatic carbocycles. The highest BCUT2D eigenvalue weighted by molar-refractivity contribution is 5.19. The molecular formula is C13H19N5. The van der Waals surface area contributed by atoms with Gasteiger partial charge in [-0.15, -0.1) is 5.10 Å². The van der Waals surface area contributed by atoms with Crippen molar-refractivity contribution in [3.8, 4) is 0 Å². The number of nitrogens with zero attached hydrogens (tertiary/aromatic N) is 4. The lowest BCUT2D eigenvalue weighted by Gasteiger charge is -2.14. The van der Waals surface area contributed by atoms with Crippen molar-refractivity contribution in [1.82, 2.24) is 25.5 Å². The average molecular weight is 245 g/mol. The van der Waals surface area contributed by atoms with E-state index in [-0.39, 0.29) is 6.04 Å². The summed E-state index contributed by atoms with van der Waals surface area (Å²) in [5.74, 6) is 0.861. The number of rotatable bonds is 5. The minimum absolute atomic E-state index is 0.144. The SMILES string of the molecule is CC(C)NCc1nnnn1C(C)c1ccccc1. The second-order valence-corrected chi connectivity index (χ2v) is 4.66. The topological polar surface area (TPSA) is 55.6 Å². The second-order valence-electron chi connectivity index (χ2n) is 4.66. The Morgan fingerprint density at radius 1 is 1.17 bits per heavy atom. The van der Waals surface area contributed by atoms with Gasteiger partial charge in [-0.1, -0.05) is 44.2 Å². The summed E-state index contributed by atoms with van der Waals surface area (Å²) in [7, 11) is 0. The standard InChI is InChI=1S/C13H19N5/c1-10(2)14-9-13-15-16-17-18(13)11(3)12-7-5-4-6-8-12/h4-8,10-11,14H,9H2,1-3H3. The Kier molecular flexibility index (Phi) is 4.04. The molecule has 1 aromatic heterocycles. The van der Waals surface area contributed by atoms with Crippen molar-refractivity contribution in [3.63, 3.8) is 0 Å². The molecule has 0 aliphatic carbocycles. The second kappa shape index (κ2) is 5.73. The number of hydrogen-bond acceptors (Lipinski definition) is 4. The van der Waals surface area contributed by atoms with Crippen molar-refractivity contribution in [1.29, 1.82) is 0 Å². The molecule has 1 heterocycles. The van der Waals surface area contributed by atoms with Crippen LogP contribution in [0.1, 0.15) is 38.2 Å². The third-order valence-electron chi connectivity index (χ3n) is 2.88. The van der Waals surface area contributed by atoms with E-state index in [1.54, 1.807) is 0 Å². The maximum atomic E-state index is 4.09. The summed E-state index contributed by atoms with van der Waals surface area (Å²) in [6.45, 7) is 7.00. The zero-order valence-electron chi connectivity index (χ0n) is 11.0. The number of aromatic nitrogens is 4. The van der Waals surface area contributed by atoms with Gasteiger partial charge in [-0.05, 0) is 22.9 Å². The molecule has 5 nitrogen and oxygen atoms in total. The monoisotopic (exact) mass is 245 g/mol. The van der Waals surface area contributed by atoms with Gasteiger partial charge in [0.2, 0.25) is 0 Å². The normalized spacial score (nSPS) is 12.9. The van der Waals surface area contributed by atoms with E-state index in [9.17, 15) is 0 Å². The largest absolute Gasteiger partial charge is 0.308 e. The molecule has 2 aromatic rings. The number of hydrogen-bond donors (Lipinski definition) is 1. The first-order chi connectivity index (χ1) is 8.68. The van der Waals surface area contributed by atoms with Gasteiger partial charge in [0.25, 0.3) is 0 Å². The fraction of sp³-hybridized carbons (Fsp3) is 0.462. The van der Waals surface area contributed by atoms with Gasteiger partial charge in [-0.25, -0.2) is 4.68 Å². The molecular weight excluding hydrogens is 226 g/mol. The van der Waals surface area contributed by atoms with Crippen molar-refractivity contribution in [3.05, 3.63) is 41.7 Å². The average Bonchev–Trinajstić information content (AvgIpc) is 2.85. The molecule has 5 heteroatoms. The lowest BCUT2D eigenvalue weighted by molar-refractivity contribution is 0.490. The van der Waals surface area contributed by atoms with E-state index in [2.05, 4.69) is 53.7 Å². The molecule has 0 spiro atoms. The Hall–Kier alpha value is -1.75. The van der Waals surface area contributed by atoms with Crippen LogP contribution in [-0.2, 0) is 6.54 Å². The molecule has 1 unspecified atom stereocenters. The zero-order valence-corrected chi connectivity index (χ0v) is 11.0. The third kappa shape index (κ3) is 2.92. The molecule has 0 radical (unpaired) electrons. The van der Waals surface area contributed by atoms with E-state index in [1.165, 1.54) is 5.56 Å². The predicted octanol–water partition coefficient (Wildman–Crippen LogP) is 1.78. The van der Waals surface area contributed by atoms with Crippen LogP contribution in [0.2, 0.25) is 0 Å². The minimum atomic E-state index is 0.144. The molecule has 1 N–H and O–H groups in total. The molecule has 0 bridgehead atoms. The molecule has 0 saturated carbocycles. The van der Waals surface area contributed by atoms with Gasteiger partial charge < -0.3 is 5.32 Å². The molecule has 0 fully saturated rings. The summed E-state index contributed by atoms with van der Waals surface area (Å²) in [5.41, 5.74) is 1.20. The summed E-state index contributed by atoms with van der Waals surface area (Å²) < 4.78 is 1.87. The van der Waals surface area contributed by atoms with Gasteiger partial charge in [0.1, 0.15) is 0 Å². The fourth-order valence-electron chi connectivity index (χ4n) is 1.80. The smallest absolute Gasteiger partial charge is 0.165 e. The first-order valence-electron chi connectivity index (χ1n) is 6.23. The van der Waals surface area contributed by atoms with E-state index in [0.717, 1.165) is 5.82 Å². The van der Waals surface area contributed by atoms with Gasteiger partial charge in [-0.3, -0.25) is 0 Å². The Labute approximate surface area is 107 Å². The van der Waals surface area contributed by atoms with Gasteiger partial charge in [0, 0.05) is 6.04 Å². The fourth-order valence-corrected chi connectivity index (χ4v) is 1.80. The predicted molar refractivity (Wildman–Crippen MR) is 70.0 cm³/mol. The van der Waals surface area contributed by atoms with Crippen LogP contribution in [0, 0.1) is 0 Å². The van der Waals surface area contributed by atoms with Gasteiger partial charge in [0.15, 0.2) is 5.82 Å². The highest BCUT2D eigenvalue weighted by Gasteiger charge is 2.14. The summed E-state index contributed by atoms with van der Waals surface area (Å²) in [5, 5.41) is 15.3. The number of tetrazole rings is 1. The molecule has 0 aliphatic heterocycles. The van der Waals surface area contributed by atoms with Crippen LogP contribution < -0.4 is 5.32 Å². The zero-order chi connectivity index (χ0) is 13.0. The quantitative estimate of drug-likeness (QED) is 0.872. The van der Waals surface area contributed by atoms with E-state index < -0.39 is 0 Å². The van der Waals surface area contributed by atoms with Crippen LogP contribution in [-0.4, -0.2) is 26.2 Å². The molecule has 18 heavy (non-hydrogen) atoms. The first-order valence-corrected chi connectivity index (χ1v) is 6.23. The summed E-state index contributed by atoms with van der Waals surface area (Å²) >= 11 is 0. The number of nitrogens with one attached hydrogen (secondary N) is 1. The van der Waals surface area contributed by atoms with Crippen molar-refractivity contribution in [2.45, 2.75) is 39.4 Å². The van der Waals surface area contributed by atoms with Crippen LogP contribution >= 0.6 is 0 Å². The molecule has 1 atom stereocenters. The summed E-state index contributed by atoms with van der Waals surface area (Å²) in [6.07, 6.45) is 0. The highest BCUT2D eigenvalue weighted by Crippen LogP contribution is 2.16. The molecule has 96 valence electrons. The van der Waals surface area contributed by atoms with Gasteiger partial charge >= 0.3 is 0 Å². The Morgan fingerprint density at radius 2 is 1.89 bits per heavy atom. The minimum Gasteiger partial charge on any atom is -0.308 e. The van der Waals surface area contributed by atoms with Crippen molar-refractivity contribution < 1.29 is 0 Å². The molecule has 0 amide bonds. The first kappa shape index (κ1) is 12.7. The van der Waals surface area contributed by atoms with Crippen LogP contribution in [0.4, 0.5) is 0 Å². The Balaban J connectivity index is 2.16. The van der Waals surface area contributed by atoms with Crippen molar-refractivity contribution >= 4 is 0 Å². The van der Waals surface area contributed by atoms with E-state index in [0.29, 0.717) is 12.6 Å². The molecule has 0 aliphatic rings. The molecule has 2 rings (SSSR count). The lowest BCUT2D eigenvalue weighted by atomic mass is 10.1. The maximum absolute atomic E-state index is 4.09. The number of benzene rings is 1. The Bertz CT molecular complexity index is 477. The summed E-state index contributed by atoms with van der Waals surface area (Å²) in [6, 6.07) is 10.8. The van der Waals surface area contributed by atoms with Crippen LogP contribution in [0.3, 0.4) is 0 Å². The maximum Gasteiger partial charge on any atom is 0.165 e. The van der Waals surface area contributed by atoms with Crippen LogP contribution in [0.5, 0.6) is 0 Å². The molecule has 0 saturated heterocycles. The van der Waals surface area contributed by atoms with Crippen molar-refractivity contribution in [2.24, 2.45) is 0 Å². The van der Waals surface area contributed by atoms with Crippen molar-refractivity contribution in [2.75, 3.05) is 0 Å². The van der Waals surface area contributed by atoms with Gasteiger partial charge in [0.05, 0.1) is 12.6 Å². The highest BCUT2D eigenvalue weighted by atomic mass is 15.6. The van der Waals surface area contributed by atoms with E-state index in [4.69, 9.17) is 0 Å². The van der Waals surface area contributed by atoms with Crippen LogP contribution in [0.25, 0.3) is 0 Å². The Morgan fingerprint density at radius 3 is 2.56 bits per heavy atom. The summed E-state index contributed by atoms with van der Waals surface area (Å²) in [4.78, 5) is 0. The van der Waals surface area contributed by atoms with E-state index in [1.807, 2.05) is 22.9 Å². The third-order valence-corrected chi connectivity index (χ3v) is 2.88. The van der Waals surface area contributed by atoms with Gasteiger partial charge in [-0.2, -0.15) is 0 Å². The van der Waals surface area contributed by atoms with E-state index >= 15 is 0 Å². The van der Waals surface area contributed by atoms with Crippen LogP contribution in [0.15, 0.2) is 30.3 Å².